The molecule has 3 N–H and O–H groups in total. The standard InChI is InChI=1S/C17H19N3O2/c1-22-14-8-6-12(7-9-14)10-19-17(21)16-18-11-13-4-2-3-5-15(13)20-16/h2-9,16,18,20H,10-11H2,1H3,(H,19,21). The van der Waals surface area contributed by atoms with Crippen molar-refractivity contribution in [2.24, 2.45) is 0 Å². The number of rotatable bonds is 4. The minimum atomic E-state index is -0.409. The quantitative estimate of drug-likeness (QED) is 0.806. The van der Waals surface area contributed by atoms with E-state index in [0.29, 0.717) is 13.1 Å². The fourth-order valence-electron chi connectivity index (χ4n) is 2.43. The van der Waals surface area contributed by atoms with Crippen molar-refractivity contribution in [1.29, 1.82) is 0 Å². The van der Waals surface area contributed by atoms with Crippen LogP contribution in [0.4, 0.5) is 5.69 Å². The van der Waals surface area contributed by atoms with Gasteiger partial charge >= 0.3 is 0 Å². The number of fused-ring (bicyclic) bond motifs is 1. The maximum atomic E-state index is 12.2. The third-order valence-corrected chi connectivity index (χ3v) is 3.70. The molecule has 0 saturated heterocycles. The Kier molecular flexibility index (Phi) is 4.25. The highest BCUT2D eigenvalue weighted by molar-refractivity contribution is 5.85. The number of hydrogen-bond donors (Lipinski definition) is 3. The Morgan fingerprint density at radius 1 is 1.23 bits per heavy atom. The Hall–Kier alpha value is -2.53. The molecule has 0 radical (unpaired) electrons. The van der Waals surface area contributed by atoms with Gasteiger partial charge < -0.3 is 15.4 Å². The molecule has 1 unspecified atom stereocenters. The van der Waals surface area contributed by atoms with Crippen LogP contribution in [0.5, 0.6) is 5.75 Å². The Labute approximate surface area is 129 Å². The molecule has 0 fully saturated rings. The topological polar surface area (TPSA) is 62.4 Å². The van der Waals surface area contributed by atoms with E-state index in [4.69, 9.17) is 4.74 Å². The molecular formula is C17H19N3O2. The molecule has 0 aliphatic carbocycles. The van der Waals surface area contributed by atoms with Gasteiger partial charge in [-0.3, -0.25) is 10.1 Å². The highest BCUT2D eigenvalue weighted by Gasteiger charge is 2.22. The zero-order chi connectivity index (χ0) is 15.4. The van der Waals surface area contributed by atoms with Gasteiger partial charge in [0.1, 0.15) is 5.75 Å². The van der Waals surface area contributed by atoms with Gasteiger partial charge in [-0.2, -0.15) is 0 Å². The predicted molar refractivity (Wildman–Crippen MR) is 85.5 cm³/mol. The summed E-state index contributed by atoms with van der Waals surface area (Å²) in [4.78, 5) is 12.2. The van der Waals surface area contributed by atoms with Crippen molar-refractivity contribution in [1.82, 2.24) is 10.6 Å². The highest BCUT2D eigenvalue weighted by atomic mass is 16.5. The summed E-state index contributed by atoms with van der Waals surface area (Å²) in [6.07, 6.45) is -0.409. The summed E-state index contributed by atoms with van der Waals surface area (Å²) in [6, 6.07) is 15.6. The van der Waals surface area contributed by atoms with E-state index in [1.165, 1.54) is 5.56 Å². The van der Waals surface area contributed by atoms with Crippen molar-refractivity contribution in [3.05, 3.63) is 59.7 Å². The van der Waals surface area contributed by atoms with E-state index in [2.05, 4.69) is 16.0 Å². The zero-order valence-corrected chi connectivity index (χ0v) is 12.4. The molecule has 114 valence electrons. The Balaban J connectivity index is 1.56. The second kappa shape index (κ2) is 6.49. The van der Waals surface area contributed by atoms with Gasteiger partial charge in [-0.1, -0.05) is 30.3 Å². The van der Waals surface area contributed by atoms with Crippen LogP contribution >= 0.6 is 0 Å². The smallest absolute Gasteiger partial charge is 0.257 e. The fraction of sp³-hybridized carbons (Fsp3) is 0.235. The largest absolute Gasteiger partial charge is 0.497 e. The zero-order valence-electron chi connectivity index (χ0n) is 12.4. The first kappa shape index (κ1) is 14.4. The number of ether oxygens (including phenoxy) is 1. The van der Waals surface area contributed by atoms with Crippen LogP contribution in [0.3, 0.4) is 0 Å². The van der Waals surface area contributed by atoms with Gasteiger partial charge in [-0.25, -0.2) is 0 Å². The first-order valence-electron chi connectivity index (χ1n) is 7.25. The van der Waals surface area contributed by atoms with Gasteiger partial charge in [0.2, 0.25) is 0 Å². The van der Waals surface area contributed by atoms with Gasteiger partial charge in [0, 0.05) is 18.8 Å². The normalized spacial score (nSPS) is 16.3. The van der Waals surface area contributed by atoms with Crippen LogP contribution < -0.4 is 20.7 Å². The molecule has 2 aromatic rings. The number of benzene rings is 2. The van der Waals surface area contributed by atoms with E-state index in [0.717, 1.165) is 17.0 Å². The van der Waals surface area contributed by atoms with Gasteiger partial charge in [0.05, 0.1) is 7.11 Å². The van der Waals surface area contributed by atoms with Gasteiger partial charge in [-0.05, 0) is 29.3 Å². The average Bonchev–Trinajstić information content (AvgIpc) is 2.59. The van der Waals surface area contributed by atoms with E-state index >= 15 is 0 Å². The molecular weight excluding hydrogens is 278 g/mol. The molecule has 0 saturated carbocycles. The van der Waals surface area contributed by atoms with Crippen molar-refractivity contribution < 1.29 is 9.53 Å². The minimum absolute atomic E-state index is 0.0645. The number of carbonyl (C=O) groups is 1. The summed E-state index contributed by atoms with van der Waals surface area (Å²) < 4.78 is 5.12. The van der Waals surface area contributed by atoms with E-state index < -0.39 is 6.17 Å². The number of hydrogen-bond acceptors (Lipinski definition) is 4. The number of amides is 1. The Morgan fingerprint density at radius 2 is 2.00 bits per heavy atom. The molecule has 5 heteroatoms. The van der Waals surface area contributed by atoms with Crippen molar-refractivity contribution in [2.75, 3.05) is 12.4 Å². The molecule has 1 aliphatic rings. The number of carbonyl (C=O) groups excluding carboxylic acids is 1. The average molecular weight is 297 g/mol. The van der Waals surface area contributed by atoms with Gasteiger partial charge in [0.25, 0.3) is 5.91 Å². The molecule has 2 aromatic carbocycles. The molecule has 0 spiro atoms. The summed E-state index contributed by atoms with van der Waals surface area (Å²) >= 11 is 0. The first-order valence-corrected chi connectivity index (χ1v) is 7.25. The molecule has 1 heterocycles. The van der Waals surface area contributed by atoms with E-state index in [-0.39, 0.29) is 5.91 Å². The number of anilines is 1. The van der Waals surface area contributed by atoms with Crippen molar-refractivity contribution in [2.45, 2.75) is 19.3 Å². The minimum Gasteiger partial charge on any atom is -0.497 e. The Bertz CT molecular complexity index is 655. The number of methoxy groups -OCH3 is 1. The van der Waals surface area contributed by atoms with Crippen LogP contribution in [0.25, 0.3) is 0 Å². The van der Waals surface area contributed by atoms with Crippen LogP contribution in [0.2, 0.25) is 0 Å². The lowest BCUT2D eigenvalue weighted by Gasteiger charge is -2.27. The number of para-hydroxylation sites is 1. The lowest BCUT2D eigenvalue weighted by Crippen LogP contribution is -2.50. The molecule has 1 amide bonds. The molecule has 1 atom stereocenters. The van der Waals surface area contributed by atoms with E-state index in [9.17, 15) is 4.79 Å². The summed E-state index contributed by atoms with van der Waals surface area (Å²) in [5.74, 6) is 0.743. The Morgan fingerprint density at radius 3 is 2.77 bits per heavy atom. The second-order valence-electron chi connectivity index (χ2n) is 5.18. The summed E-state index contributed by atoms with van der Waals surface area (Å²) in [5, 5.41) is 9.33. The third kappa shape index (κ3) is 3.20. The summed E-state index contributed by atoms with van der Waals surface area (Å²) in [7, 11) is 1.63. The van der Waals surface area contributed by atoms with Crippen LogP contribution in [-0.2, 0) is 17.9 Å². The first-order chi connectivity index (χ1) is 10.8. The van der Waals surface area contributed by atoms with E-state index in [1.807, 2.05) is 48.5 Å². The van der Waals surface area contributed by atoms with Crippen LogP contribution in [0, 0.1) is 0 Å². The number of nitrogens with one attached hydrogen (secondary N) is 3. The van der Waals surface area contributed by atoms with Crippen molar-refractivity contribution in [3.63, 3.8) is 0 Å². The summed E-state index contributed by atoms with van der Waals surface area (Å²) in [5.41, 5.74) is 3.21. The van der Waals surface area contributed by atoms with Crippen LogP contribution in [0.15, 0.2) is 48.5 Å². The molecule has 5 nitrogen and oxygen atoms in total. The van der Waals surface area contributed by atoms with Crippen LogP contribution in [0.1, 0.15) is 11.1 Å². The van der Waals surface area contributed by atoms with Crippen LogP contribution in [-0.4, -0.2) is 19.2 Å². The molecule has 0 bridgehead atoms. The third-order valence-electron chi connectivity index (χ3n) is 3.70. The van der Waals surface area contributed by atoms with Crippen molar-refractivity contribution >= 4 is 11.6 Å². The molecule has 0 aromatic heterocycles. The SMILES string of the molecule is COc1ccc(CNC(=O)C2NCc3ccccc3N2)cc1. The predicted octanol–water partition coefficient (Wildman–Crippen LogP) is 1.85. The van der Waals surface area contributed by atoms with Gasteiger partial charge in [0.15, 0.2) is 6.17 Å². The lowest BCUT2D eigenvalue weighted by atomic mass is 10.1. The maximum absolute atomic E-state index is 12.2. The van der Waals surface area contributed by atoms with Crippen molar-refractivity contribution in [3.8, 4) is 5.75 Å². The fourth-order valence-corrected chi connectivity index (χ4v) is 2.43. The highest BCUT2D eigenvalue weighted by Crippen LogP contribution is 2.19. The molecule has 22 heavy (non-hydrogen) atoms. The second-order valence-corrected chi connectivity index (χ2v) is 5.18. The van der Waals surface area contributed by atoms with Gasteiger partial charge in [-0.15, -0.1) is 0 Å². The molecule has 3 rings (SSSR count). The maximum Gasteiger partial charge on any atom is 0.257 e. The summed E-state index contributed by atoms with van der Waals surface area (Å²) in [6.45, 7) is 1.17. The lowest BCUT2D eigenvalue weighted by molar-refractivity contribution is -0.122. The van der Waals surface area contributed by atoms with E-state index in [1.54, 1.807) is 7.11 Å². The monoisotopic (exact) mass is 297 g/mol. The molecule has 1 aliphatic heterocycles.